The zero-order chi connectivity index (χ0) is 24.7. The molecule has 2 aliphatic rings. The minimum absolute atomic E-state index is 0.00122. The van der Waals surface area contributed by atoms with Crippen LogP contribution in [0, 0.1) is 17.0 Å². The van der Waals surface area contributed by atoms with Gasteiger partial charge in [0.15, 0.2) is 6.61 Å². The predicted octanol–water partition coefficient (Wildman–Crippen LogP) is 3.28. The number of nitrogens with zero attached hydrogens (tertiary/aromatic N) is 2. The summed E-state index contributed by atoms with van der Waals surface area (Å²) in [4.78, 5) is 29.6. The van der Waals surface area contributed by atoms with Gasteiger partial charge < -0.3 is 24.0 Å². The molecule has 188 valence electrons. The molecule has 2 saturated heterocycles. The molecular weight excluding hydrogens is 458 g/mol. The number of halogens is 2. The van der Waals surface area contributed by atoms with E-state index in [1.807, 2.05) is 0 Å². The highest BCUT2D eigenvalue weighted by Gasteiger charge is 2.41. The predicted molar refractivity (Wildman–Crippen MR) is 124 cm³/mol. The number of hydrogen-bond donors (Lipinski definition) is 0. The molecule has 9 heteroatoms. The Morgan fingerprint density at radius 1 is 0.886 bits per heavy atom. The molecule has 0 N–H and O–H groups in total. The molecular formula is C26H30F2N2O5. The Kier molecular flexibility index (Phi) is 8.17. The molecule has 1 atom stereocenters. The highest BCUT2D eigenvalue weighted by Crippen LogP contribution is 2.35. The van der Waals surface area contributed by atoms with Crippen LogP contribution in [-0.2, 0) is 14.3 Å². The van der Waals surface area contributed by atoms with Gasteiger partial charge in [0.1, 0.15) is 23.1 Å². The van der Waals surface area contributed by atoms with E-state index in [4.69, 9.17) is 14.2 Å². The van der Waals surface area contributed by atoms with Crippen LogP contribution in [0.2, 0.25) is 0 Å². The maximum absolute atomic E-state index is 13.4. The normalized spacial score (nSPS) is 20.4. The van der Waals surface area contributed by atoms with E-state index in [9.17, 15) is 18.4 Å². The molecule has 2 aromatic rings. The van der Waals surface area contributed by atoms with E-state index in [1.54, 1.807) is 28.0 Å². The molecule has 7 nitrogen and oxygen atoms in total. The molecule has 1 unspecified atom stereocenters. The van der Waals surface area contributed by atoms with Crippen LogP contribution in [0.15, 0.2) is 48.5 Å². The number of likely N-dealkylation sites (tertiary alicyclic amines) is 1. The van der Waals surface area contributed by atoms with Crippen LogP contribution in [-0.4, -0.2) is 74.2 Å². The third kappa shape index (κ3) is 6.91. The minimum atomic E-state index is -0.601. The van der Waals surface area contributed by atoms with E-state index < -0.39 is 11.2 Å². The Morgan fingerprint density at radius 3 is 2.40 bits per heavy atom. The largest absolute Gasteiger partial charge is 0.493 e. The van der Waals surface area contributed by atoms with Gasteiger partial charge in [-0.25, -0.2) is 8.78 Å². The van der Waals surface area contributed by atoms with Crippen LogP contribution < -0.4 is 9.47 Å². The van der Waals surface area contributed by atoms with Crippen molar-refractivity contribution in [2.75, 3.05) is 52.6 Å². The molecule has 2 heterocycles. The molecule has 0 saturated carbocycles. The number of piperidine rings is 1. The summed E-state index contributed by atoms with van der Waals surface area (Å²) in [6.07, 6.45) is 1.64. The van der Waals surface area contributed by atoms with E-state index >= 15 is 0 Å². The summed E-state index contributed by atoms with van der Waals surface area (Å²) >= 11 is 0. The third-order valence-corrected chi connectivity index (χ3v) is 6.42. The number of amides is 2. The van der Waals surface area contributed by atoms with Gasteiger partial charge in [-0.2, -0.15) is 0 Å². The average Bonchev–Trinajstić information content (AvgIpc) is 2.88. The second-order valence-corrected chi connectivity index (χ2v) is 9.08. The van der Waals surface area contributed by atoms with Crippen LogP contribution in [0.4, 0.5) is 8.78 Å². The number of rotatable bonds is 8. The van der Waals surface area contributed by atoms with E-state index in [0.717, 1.165) is 0 Å². The Bertz CT molecular complexity index is 1010. The van der Waals surface area contributed by atoms with Crippen molar-refractivity contribution >= 4 is 11.8 Å². The van der Waals surface area contributed by atoms with Crippen LogP contribution in [0.25, 0.3) is 0 Å². The van der Waals surface area contributed by atoms with Gasteiger partial charge in [-0.3, -0.25) is 9.59 Å². The second-order valence-electron chi connectivity index (χ2n) is 9.08. The highest BCUT2D eigenvalue weighted by atomic mass is 19.1. The van der Waals surface area contributed by atoms with Crippen molar-refractivity contribution in [3.8, 4) is 11.5 Å². The maximum Gasteiger partial charge on any atom is 0.260 e. The lowest BCUT2D eigenvalue weighted by Crippen LogP contribution is -2.52. The standard InChI is InChI=1S/C26H30F2N2O5/c27-20-5-7-22(8-6-20)35-19-26(16-24(31)29-11-13-33-14-12-29)9-2-10-30(18-26)25(32)17-34-23-4-1-3-21(28)15-23/h1,3-8,15H,2,9-14,16-19H2. The second kappa shape index (κ2) is 11.5. The summed E-state index contributed by atoms with van der Waals surface area (Å²) in [5, 5.41) is 0. The monoisotopic (exact) mass is 488 g/mol. The number of ether oxygens (including phenoxy) is 3. The first-order valence-corrected chi connectivity index (χ1v) is 11.8. The molecule has 2 fully saturated rings. The topological polar surface area (TPSA) is 68.3 Å². The summed E-state index contributed by atoms with van der Waals surface area (Å²) in [7, 11) is 0. The number of carbonyl (C=O) groups is 2. The van der Waals surface area contributed by atoms with Gasteiger partial charge >= 0.3 is 0 Å². The smallest absolute Gasteiger partial charge is 0.260 e. The SMILES string of the molecule is O=C(CC1(COc2ccc(F)cc2)CCCN(C(=O)COc2cccc(F)c2)C1)N1CCOCC1. The fourth-order valence-electron chi connectivity index (χ4n) is 4.54. The molecule has 35 heavy (non-hydrogen) atoms. The third-order valence-electron chi connectivity index (χ3n) is 6.42. The van der Waals surface area contributed by atoms with Crippen molar-refractivity contribution in [2.24, 2.45) is 5.41 Å². The van der Waals surface area contributed by atoms with Crippen LogP contribution >= 0.6 is 0 Å². The quantitative estimate of drug-likeness (QED) is 0.571. The van der Waals surface area contributed by atoms with Crippen molar-refractivity contribution in [3.05, 3.63) is 60.2 Å². The van der Waals surface area contributed by atoms with Crippen molar-refractivity contribution in [2.45, 2.75) is 19.3 Å². The number of benzene rings is 2. The molecule has 0 spiro atoms. The van der Waals surface area contributed by atoms with Gasteiger partial charge in [0.25, 0.3) is 5.91 Å². The van der Waals surface area contributed by atoms with Gasteiger partial charge in [0.05, 0.1) is 19.8 Å². The zero-order valence-corrected chi connectivity index (χ0v) is 19.6. The van der Waals surface area contributed by atoms with Gasteiger partial charge in [-0.05, 0) is 49.2 Å². The maximum atomic E-state index is 13.4. The van der Waals surface area contributed by atoms with Crippen LogP contribution in [0.1, 0.15) is 19.3 Å². The summed E-state index contributed by atoms with van der Waals surface area (Å²) in [6, 6.07) is 11.4. The number of morpholine rings is 1. The first-order chi connectivity index (χ1) is 16.9. The van der Waals surface area contributed by atoms with Gasteiger partial charge in [0.2, 0.25) is 5.91 Å². The molecule has 4 rings (SSSR count). The van der Waals surface area contributed by atoms with E-state index in [0.29, 0.717) is 58.0 Å². The number of carbonyl (C=O) groups excluding carboxylic acids is 2. The number of hydrogen-bond acceptors (Lipinski definition) is 5. The molecule has 2 aliphatic heterocycles. The van der Waals surface area contributed by atoms with E-state index in [2.05, 4.69) is 0 Å². The van der Waals surface area contributed by atoms with Gasteiger partial charge in [-0.15, -0.1) is 0 Å². The first kappa shape index (κ1) is 24.9. The molecule has 2 aromatic carbocycles. The lowest BCUT2D eigenvalue weighted by atomic mass is 9.77. The van der Waals surface area contributed by atoms with E-state index in [-0.39, 0.29) is 43.0 Å². The molecule has 0 aliphatic carbocycles. The Labute approximate surface area is 203 Å². The summed E-state index contributed by atoms with van der Waals surface area (Å²) in [6.45, 7) is 2.94. The Balaban J connectivity index is 1.44. The molecule has 2 amide bonds. The van der Waals surface area contributed by atoms with Crippen LogP contribution in [0.5, 0.6) is 11.5 Å². The molecule has 0 aromatic heterocycles. The van der Waals surface area contributed by atoms with Crippen molar-refractivity contribution in [1.82, 2.24) is 9.80 Å². The summed E-state index contributed by atoms with van der Waals surface area (Å²) < 4.78 is 43.6. The summed E-state index contributed by atoms with van der Waals surface area (Å²) in [5.74, 6) is -0.250. The summed E-state index contributed by atoms with van der Waals surface area (Å²) in [5.41, 5.74) is -0.601. The zero-order valence-electron chi connectivity index (χ0n) is 19.6. The fourth-order valence-corrected chi connectivity index (χ4v) is 4.54. The average molecular weight is 489 g/mol. The lowest BCUT2D eigenvalue weighted by Gasteiger charge is -2.43. The lowest BCUT2D eigenvalue weighted by molar-refractivity contribution is -0.144. The van der Waals surface area contributed by atoms with Crippen molar-refractivity contribution < 1.29 is 32.6 Å². The first-order valence-electron chi connectivity index (χ1n) is 11.8. The highest BCUT2D eigenvalue weighted by molar-refractivity contribution is 5.79. The Hall–Kier alpha value is -3.20. The Morgan fingerprint density at radius 2 is 1.66 bits per heavy atom. The van der Waals surface area contributed by atoms with Crippen molar-refractivity contribution in [3.63, 3.8) is 0 Å². The van der Waals surface area contributed by atoms with Crippen LogP contribution in [0.3, 0.4) is 0 Å². The molecule has 0 bridgehead atoms. The van der Waals surface area contributed by atoms with Gasteiger partial charge in [0, 0.05) is 44.1 Å². The van der Waals surface area contributed by atoms with E-state index in [1.165, 1.54) is 30.3 Å². The minimum Gasteiger partial charge on any atom is -0.493 e. The molecule has 0 radical (unpaired) electrons. The van der Waals surface area contributed by atoms with Gasteiger partial charge in [-0.1, -0.05) is 6.07 Å². The van der Waals surface area contributed by atoms with Crippen molar-refractivity contribution in [1.29, 1.82) is 0 Å². The fraction of sp³-hybridized carbons (Fsp3) is 0.462.